The molecule has 0 unspecified atom stereocenters. The average Bonchev–Trinajstić information content (AvgIpc) is 3.14. The number of benzene rings is 2. The Bertz CT molecular complexity index is 1020. The van der Waals surface area contributed by atoms with Crippen molar-refractivity contribution in [3.63, 3.8) is 0 Å². The summed E-state index contributed by atoms with van der Waals surface area (Å²) in [6, 6.07) is 14.7. The second-order valence-corrected chi connectivity index (χ2v) is 7.56. The van der Waals surface area contributed by atoms with Gasteiger partial charge in [0, 0.05) is 17.7 Å². The molecular weight excluding hydrogens is 380 g/mol. The van der Waals surface area contributed by atoms with E-state index < -0.39 is 5.97 Å². The zero-order valence-electron chi connectivity index (χ0n) is 17.9. The molecule has 6 heteroatoms. The van der Waals surface area contributed by atoms with E-state index in [1.165, 1.54) is 0 Å². The Morgan fingerprint density at radius 3 is 2.53 bits per heavy atom. The van der Waals surface area contributed by atoms with Crippen LogP contribution in [0.5, 0.6) is 11.5 Å². The molecule has 30 heavy (non-hydrogen) atoms. The Labute approximate surface area is 177 Å². The molecule has 3 aromatic rings. The fourth-order valence-electron chi connectivity index (χ4n) is 3.31. The van der Waals surface area contributed by atoms with Crippen LogP contribution < -0.4 is 9.47 Å². The highest BCUT2D eigenvalue weighted by atomic mass is 16.5. The third kappa shape index (κ3) is 4.64. The van der Waals surface area contributed by atoms with Gasteiger partial charge in [0.05, 0.1) is 30.7 Å². The molecule has 1 aromatic heterocycles. The number of ether oxygens (including phenoxy) is 2. The van der Waals surface area contributed by atoms with E-state index in [-0.39, 0.29) is 5.56 Å². The van der Waals surface area contributed by atoms with Crippen LogP contribution >= 0.6 is 0 Å². The van der Waals surface area contributed by atoms with E-state index in [0.29, 0.717) is 29.5 Å². The molecule has 0 aliphatic rings. The van der Waals surface area contributed by atoms with E-state index in [2.05, 4.69) is 13.8 Å². The fourth-order valence-corrected chi connectivity index (χ4v) is 3.31. The van der Waals surface area contributed by atoms with Crippen molar-refractivity contribution in [2.45, 2.75) is 33.7 Å². The summed E-state index contributed by atoms with van der Waals surface area (Å²) in [7, 11) is 1.65. The second-order valence-electron chi connectivity index (χ2n) is 7.56. The van der Waals surface area contributed by atoms with Gasteiger partial charge < -0.3 is 14.6 Å². The number of rotatable bonds is 9. The van der Waals surface area contributed by atoms with Gasteiger partial charge >= 0.3 is 5.97 Å². The van der Waals surface area contributed by atoms with Gasteiger partial charge in [0.25, 0.3) is 0 Å². The predicted molar refractivity (Wildman–Crippen MR) is 117 cm³/mol. The molecule has 0 atom stereocenters. The van der Waals surface area contributed by atoms with Crippen LogP contribution in [-0.2, 0) is 6.54 Å². The number of carboxylic acids is 1. The molecule has 1 heterocycles. The van der Waals surface area contributed by atoms with E-state index in [9.17, 15) is 9.90 Å². The van der Waals surface area contributed by atoms with Gasteiger partial charge in [-0.3, -0.25) is 4.68 Å². The SMILES string of the molecule is CCCOc1ccc(C(=O)O)cc1-c1cc(-c2ccccc2OC)n(CC(C)C)n1. The van der Waals surface area contributed by atoms with Crippen LogP contribution in [-0.4, -0.2) is 34.6 Å². The summed E-state index contributed by atoms with van der Waals surface area (Å²) in [6.45, 7) is 7.56. The molecule has 3 rings (SSSR count). The predicted octanol–water partition coefficient (Wildman–Crippen LogP) is 5.37. The molecule has 158 valence electrons. The van der Waals surface area contributed by atoms with Gasteiger partial charge in [0.1, 0.15) is 11.5 Å². The third-order valence-corrected chi connectivity index (χ3v) is 4.67. The van der Waals surface area contributed by atoms with Crippen LogP contribution in [0.25, 0.3) is 22.5 Å². The number of hydrogen-bond donors (Lipinski definition) is 1. The number of methoxy groups -OCH3 is 1. The molecule has 0 radical (unpaired) electrons. The fraction of sp³-hybridized carbons (Fsp3) is 0.333. The smallest absolute Gasteiger partial charge is 0.335 e. The summed E-state index contributed by atoms with van der Waals surface area (Å²) < 4.78 is 13.4. The van der Waals surface area contributed by atoms with Gasteiger partial charge in [-0.2, -0.15) is 5.10 Å². The van der Waals surface area contributed by atoms with Crippen LogP contribution in [0.3, 0.4) is 0 Å². The van der Waals surface area contributed by atoms with Crippen LogP contribution in [0, 0.1) is 5.92 Å². The minimum absolute atomic E-state index is 0.200. The molecule has 2 aromatic carbocycles. The largest absolute Gasteiger partial charge is 0.496 e. The average molecular weight is 408 g/mol. The van der Waals surface area contributed by atoms with E-state index in [4.69, 9.17) is 14.6 Å². The summed E-state index contributed by atoms with van der Waals surface area (Å²) in [5, 5.41) is 14.3. The van der Waals surface area contributed by atoms with Crippen LogP contribution in [0.15, 0.2) is 48.5 Å². The first-order chi connectivity index (χ1) is 14.4. The van der Waals surface area contributed by atoms with Gasteiger partial charge in [0.15, 0.2) is 0 Å². The first-order valence-corrected chi connectivity index (χ1v) is 10.2. The molecule has 0 fully saturated rings. The molecule has 0 spiro atoms. The van der Waals surface area contributed by atoms with Crippen molar-refractivity contribution in [2.75, 3.05) is 13.7 Å². The lowest BCUT2D eigenvalue weighted by Gasteiger charge is -2.12. The maximum atomic E-state index is 11.5. The monoisotopic (exact) mass is 408 g/mol. The molecular formula is C24H28N2O4. The molecule has 0 saturated heterocycles. The topological polar surface area (TPSA) is 73.6 Å². The lowest BCUT2D eigenvalue weighted by molar-refractivity contribution is 0.0697. The van der Waals surface area contributed by atoms with Crippen LogP contribution in [0.4, 0.5) is 0 Å². The van der Waals surface area contributed by atoms with E-state index in [1.807, 2.05) is 41.9 Å². The highest BCUT2D eigenvalue weighted by molar-refractivity contribution is 5.90. The van der Waals surface area contributed by atoms with Crippen molar-refractivity contribution >= 4 is 5.97 Å². The van der Waals surface area contributed by atoms with Crippen molar-refractivity contribution < 1.29 is 19.4 Å². The number of hydrogen-bond acceptors (Lipinski definition) is 4. The van der Waals surface area contributed by atoms with Gasteiger partial charge in [-0.15, -0.1) is 0 Å². The Hall–Kier alpha value is -3.28. The second kappa shape index (κ2) is 9.48. The Balaban J connectivity index is 2.18. The highest BCUT2D eigenvalue weighted by Crippen LogP contribution is 2.36. The molecule has 1 N–H and O–H groups in total. The summed E-state index contributed by atoms with van der Waals surface area (Å²) in [5.41, 5.74) is 3.39. The highest BCUT2D eigenvalue weighted by Gasteiger charge is 2.19. The number of aromatic nitrogens is 2. The molecule has 0 amide bonds. The van der Waals surface area contributed by atoms with Crippen LogP contribution in [0.2, 0.25) is 0 Å². The van der Waals surface area contributed by atoms with Crippen molar-refractivity contribution in [1.82, 2.24) is 9.78 Å². The Morgan fingerprint density at radius 2 is 1.87 bits per heavy atom. The van der Waals surface area contributed by atoms with Gasteiger partial charge in [-0.05, 0) is 48.7 Å². The van der Waals surface area contributed by atoms with Crippen molar-refractivity contribution in [3.8, 4) is 34.0 Å². The Morgan fingerprint density at radius 1 is 1.10 bits per heavy atom. The standard InChI is InChI=1S/C24H28N2O4/c1-5-12-30-23-11-10-17(24(27)28)13-19(23)20-14-21(26(25-20)15-16(2)3)18-8-6-7-9-22(18)29-4/h6-11,13-14,16H,5,12,15H2,1-4H3,(H,27,28). The quantitative estimate of drug-likeness (QED) is 0.515. The van der Waals surface area contributed by atoms with E-state index >= 15 is 0 Å². The minimum atomic E-state index is -0.982. The normalized spacial score (nSPS) is 11.0. The summed E-state index contributed by atoms with van der Waals surface area (Å²) in [4.78, 5) is 11.5. The lowest BCUT2D eigenvalue weighted by Crippen LogP contribution is -2.08. The summed E-state index contributed by atoms with van der Waals surface area (Å²) in [5.74, 6) is 0.788. The van der Waals surface area contributed by atoms with E-state index in [0.717, 1.165) is 30.0 Å². The molecule has 6 nitrogen and oxygen atoms in total. The number of carbonyl (C=O) groups is 1. The minimum Gasteiger partial charge on any atom is -0.496 e. The van der Waals surface area contributed by atoms with Gasteiger partial charge in [0.2, 0.25) is 0 Å². The first kappa shape index (κ1) is 21.4. The summed E-state index contributed by atoms with van der Waals surface area (Å²) >= 11 is 0. The summed E-state index contributed by atoms with van der Waals surface area (Å²) in [6.07, 6.45) is 0.856. The third-order valence-electron chi connectivity index (χ3n) is 4.67. The molecule has 0 bridgehead atoms. The Kier molecular flexibility index (Phi) is 6.77. The lowest BCUT2D eigenvalue weighted by atomic mass is 10.0. The van der Waals surface area contributed by atoms with Crippen molar-refractivity contribution in [3.05, 3.63) is 54.1 Å². The number of carboxylic acid groups (broad SMARTS) is 1. The molecule has 0 aliphatic heterocycles. The van der Waals surface area contributed by atoms with Crippen LogP contribution in [0.1, 0.15) is 37.6 Å². The maximum absolute atomic E-state index is 11.5. The maximum Gasteiger partial charge on any atom is 0.335 e. The van der Waals surface area contributed by atoms with Crippen molar-refractivity contribution in [2.24, 2.45) is 5.92 Å². The van der Waals surface area contributed by atoms with Gasteiger partial charge in [-0.1, -0.05) is 32.9 Å². The van der Waals surface area contributed by atoms with E-state index in [1.54, 1.807) is 25.3 Å². The zero-order valence-corrected chi connectivity index (χ0v) is 17.9. The first-order valence-electron chi connectivity index (χ1n) is 10.2. The number of para-hydroxylation sites is 1. The van der Waals surface area contributed by atoms with Gasteiger partial charge in [-0.25, -0.2) is 4.79 Å². The zero-order chi connectivity index (χ0) is 21.7. The molecule has 0 aliphatic carbocycles. The number of nitrogens with zero attached hydrogens (tertiary/aromatic N) is 2. The molecule has 0 saturated carbocycles. The van der Waals surface area contributed by atoms with Crippen molar-refractivity contribution in [1.29, 1.82) is 0 Å². The number of aromatic carboxylic acids is 1.